The Hall–Kier alpha value is -0.0600. The van der Waals surface area contributed by atoms with Gasteiger partial charge >= 0.3 is 0 Å². The van der Waals surface area contributed by atoms with Gasteiger partial charge in [0, 0.05) is 6.42 Å². The summed E-state index contributed by atoms with van der Waals surface area (Å²) in [6.07, 6.45) is 1.75. The van der Waals surface area contributed by atoms with E-state index < -0.39 is 0 Å². The molecule has 0 radical (unpaired) electrons. The number of nitrogens with zero attached hydrogens (tertiary/aromatic N) is 1. The molecule has 1 aromatic heterocycles. The minimum atomic E-state index is 0.466. The predicted octanol–water partition coefficient (Wildman–Crippen LogP) is 4.15. The quantitative estimate of drug-likeness (QED) is 0.864. The maximum atomic E-state index is 6.10. The van der Waals surface area contributed by atoms with Gasteiger partial charge in [0.25, 0.3) is 0 Å². The van der Waals surface area contributed by atoms with E-state index in [9.17, 15) is 0 Å². The van der Waals surface area contributed by atoms with Crippen molar-refractivity contribution < 1.29 is 0 Å². The highest BCUT2D eigenvalue weighted by Gasteiger charge is 2.13. The summed E-state index contributed by atoms with van der Waals surface area (Å²) in [5.74, 6) is 0. The number of aromatic nitrogens is 1. The third-order valence-corrected chi connectivity index (χ3v) is 4.48. The van der Waals surface area contributed by atoms with Crippen LogP contribution in [-0.4, -0.2) is 11.5 Å². The summed E-state index contributed by atoms with van der Waals surface area (Å²) in [5, 5.41) is 2.52. The van der Waals surface area contributed by atoms with Crippen LogP contribution in [0.3, 0.4) is 0 Å². The number of nitrogens with two attached hydrogens (primary N) is 1. The first-order chi connectivity index (χ1) is 7.63. The SMILES string of the molecule is NCCCc1nc2c(Cl)cc(Cl)c(Cl)c2s1. The lowest BCUT2D eigenvalue weighted by Gasteiger charge is -1.97. The van der Waals surface area contributed by atoms with Crippen LogP contribution in [0.4, 0.5) is 0 Å². The Morgan fingerprint density at radius 1 is 1.25 bits per heavy atom. The van der Waals surface area contributed by atoms with Gasteiger partial charge in [-0.15, -0.1) is 11.3 Å². The molecular formula is C10H9Cl3N2S. The summed E-state index contributed by atoms with van der Waals surface area (Å²) in [6.45, 7) is 0.651. The molecule has 2 nitrogen and oxygen atoms in total. The zero-order chi connectivity index (χ0) is 11.7. The van der Waals surface area contributed by atoms with Crippen LogP contribution in [0.5, 0.6) is 0 Å². The van der Waals surface area contributed by atoms with Crippen LogP contribution in [0.2, 0.25) is 15.1 Å². The number of fused-ring (bicyclic) bond motifs is 1. The molecule has 0 spiro atoms. The summed E-state index contributed by atoms with van der Waals surface area (Å²) in [4.78, 5) is 4.44. The third-order valence-electron chi connectivity index (χ3n) is 2.15. The Bertz CT molecular complexity index is 524. The largest absolute Gasteiger partial charge is 0.330 e. The van der Waals surface area contributed by atoms with Crippen molar-refractivity contribution in [3.63, 3.8) is 0 Å². The van der Waals surface area contributed by atoms with Crippen molar-refractivity contribution >= 4 is 56.4 Å². The molecule has 6 heteroatoms. The van der Waals surface area contributed by atoms with Gasteiger partial charge in [-0.3, -0.25) is 0 Å². The highest BCUT2D eigenvalue weighted by atomic mass is 35.5. The lowest BCUT2D eigenvalue weighted by molar-refractivity contribution is 0.828. The summed E-state index contributed by atoms with van der Waals surface area (Å²) in [6, 6.07) is 1.63. The fourth-order valence-corrected chi connectivity index (χ4v) is 3.33. The Kier molecular flexibility index (Phi) is 3.93. The molecule has 0 fully saturated rings. The average Bonchev–Trinajstić information content (AvgIpc) is 2.68. The van der Waals surface area contributed by atoms with Crippen molar-refractivity contribution in [2.75, 3.05) is 6.54 Å². The van der Waals surface area contributed by atoms with Gasteiger partial charge in [0.05, 0.1) is 24.8 Å². The van der Waals surface area contributed by atoms with Crippen molar-refractivity contribution in [2.24, 2.45) is 5.73 Å². The molecule has 1 heterocycles. The number of hydrogen-bond acceptors (Lipinski definition) is 3. The summed E-state index contributed by atoms with van der Waals surface area (Å²) in [5.41, 5.74) is 6.19. The smallest absolute Gasteiger partial charge is 0.102 e. The molecule has 2 aromatic rings. The van der Waals surface area contributed by atoms with E-state index in [1.165, 1.54) is 11.3 Å². The van der Waals surface area contributed by atoms with Crippen molar-refractivity contribution in [2.45, 2.75) is 12.8 Å². The third kappa shape index (κ3) is 2.29. The van der Waals surface area contributed by atoms with Gasteiger partial charge in [0.1, 0.15) is 5.52 Å². The maximum absolute atomic E-state index is 6.10. The van der Waals surface area contributed by atoms with Gasteiger partial charge < -0.3 is 5.73 Å². The van der Waals surface area contributed by atoms with Crippen molar-refractivity contribution in [3.8, 4) is 0 Å². The highest BCUT2D eigenvalue weighted by Crippen LogP contribution is 2.39. The summed E-state index contributed by atoms with van der Waals surface area (Å²) in [7, 11) is 0. The minimum Gasteiger partial charge on any atom is -0.330 e. The topological polar surface area (TPSA) is 38.9 Å². The second-order valence-corrected chi connectivity index (χ2v) is 5.61. The number of thiazole rings is 1. The van der Waals surface area contributed by atoms with E-state index in [0.717, 1.165) is 28.1 Å². The molecule has 0 saturated carbocycles. The van der Waals surface area contributed by atoms with Gasteiger partial charge in [-0.1, -0.05) is 34.8 Å². The molecule has 0 amide bonds. The molecule has 0 atom stereocenters. The molecule has 86 valence electrons. The lowest BCUT2D eigenvalue weighted by Crippen LogP contribution is -1.99. The van der Waals surface area contributed by atoms with E-state index in [1.54, 1.807) is 6.07 Å². The van der Waals surface area contributed by atoms with Crippen molar-refractivity contribution in [3.05, 3.63) is 26.1 Å². The van der Waals surface area contributed by atoms with Crippen LogP contribution in [0.15, 0.2) is 6.07 Å². The van der Waals surface area contributed by atoms with Gasteiger partial charge in [0.15, 0.2) is 0 Å². The first kappa shape index (κ1) is 12.4. The van der Waals surface area contributed by atoms with Gasteiger partial charge in [-0.25, -0.2) is 4.98 Å². The van der Waals surface area contributed by atoms with E-state index in [0.29, 0.717) is 21.6 Å². The molecule has 0 aliphatic rings. The van der Waals surface area contributed by atoms with Gasteiger partial charge in [0.2, 0.25) is 0 Å². The van der Waals surface area contributed by atoms with E-state index in [-0.39, 0.29) is 0 Å². The molecule has 0 aliphatic carbocycles. The molecule has 2 rings (SSSR count). The number of rotatable bonds is 3. The Morgan fingerprint density at radius 3 is 2.69 bits per heavy atom. The average molecular weight is 296 g/mol. The van der Waals surface area contributed by atoms with Crippen LogP contribution in [-0.2, 0) is 6.42 Å². The van der Waals surface area contributed by atoms with Crippen LogP contribution in [0.25, 0.3) is 10.2 Å². The van der Waals surface area contributed by atoms with Crippen molar-refractivity contribution in [1.29, 1.82) is 0 Å². The zero-order valence-corrected chi connectivity index (χ0v) is 11.3. The fourth-order valence-electron chi connectivity index (χ4n) is 1.39. The molecule has 0 saturated heterocycles. The number of hydrogen-bond donors (Lipinski definition) is 1. The molecular weight excluding hydrogens is 287 g/mol. The van der Waals surface area contributed by atoms with Crippen LogP contribution >= 0.6 is 46.1 Å². The van der Waals surface area contributed by atoms with E-state index in [2.05, 4.69) is 4.98 Å². The van der Waals surface area contributed by atoms with Crippen LogP contribution in [0, 0.1) is 0 Å². The molecule has 2 N–H and O–H groups in total. The maximum Gasteiger partial charge on any atom is 0.102 e. The first-order valence-corrected chi connectivity index (χ1v) is 6.71. The number of benzene rings is 1. The summed E-state index contributed by atoms with van der Waals surface area (Å²) < 4.78 is 0.853. The Balaban J connectivity index is 2.52. The van der Waals surface area contributed by atoms with Gasteiger partial charge in [-0.2, -0.15) is 0 Å². The number of halogens is 3. The molecule has 0 bridgehead atoms. The Morgan fingerprint density at radius 2 is 2.00 bits per heavy atom. The van der Waals surface area contributed by atoms with Crippen LogP contribution in [0.1, 0.15) is 11.4 Å². The van der Waals surface area contributed by atoms with E-state index >= 15 is 0 Å². The standard InChI is InChI=1S/C10H9Cl3N2S/c11-5-4-6(12)9-10(8(5)13)16-7(15-9)2-1-3-14/h4H,1-3,14H2. The normalized spacial score (nSPS) is 11.2. The molecule has 16 heavy (non-hydrogen) atoms. The minimum absolute atomic E-state index is 0.466. The monoisotopic (exact) mass is 294 g/mol. The number of aryl methyl sites for hydroxylation is 1. The van der Waals surface area contributed by atoms with Crippen LogP contribution < -0.4 is 5.73 Å². The predicted molar refractivity (Wildman–Crippen MR) is 72.0 cm³/mol. The van der Waals surface area contributed by atoms with E-state index in [1.807, 2.05) is 0 Å². The van der Waals surface area contributed by atoms with Gasteiger partial charge in [-0.05, 0) is 19.0 Å². The fraction of sp³-hybridized carbons (Fsp3) is 0.300. The van der Waals surface area contributed by atoms with Crippen molar-refractivity contribution in [1.82, 2.24) is 4.98 Å². The second kappa shape index (κ2) is 5.07. The zero-order valence-electron chi connectivity index (χ0n) is 8.27. The first-order valence-electron chi connectivity index (χ1n) is 4.76. The molecule has 0 unspecified atom stereocenters. The Labute approximate surface area is 112 Å². The lowest BCUT2D eigenvalue weighted by atomic mass is 10.3. The molecule has 0 aliphatic heterocycles. The molecule has 1 aromatic carbocycles. The second-order valence-electron chi connectivity index (χ2n) is 3.33. The van der Waals surface area contributed by atoms with E-state index in [4.69, 9.17) is 40.5 Å². The highest BCUT2D eigenvalue weighted by molar-refractivity contribution is 7.19. The summed E-state index contributed by atoms with van der Waals surface area (Å²) >= 11 is 19.6.